The Morgan fingerprint density at radius 2 is 1.67 bits per heavy atom. The predicted molar refractivity (Wildman–Crippen MR) is 72.4 cm³/mol. The summed E-state index contributed by atoms with van der Waals surface area (Å²) in [6.07, 6.45) is 0. The SMILES string of the molecule is COCC(C)(C)NCCOc1ccc(OC)cc1. The van der Waals surface area contributed by atoms with Gasteiger partial charge in [-0.2, -0.15) is 0 Å². The first-order chi connectivity index (χ1) is 8.57. The Morgan fingerprint density at radius 3 is 2.22 bits per heavy atom. The fourth-order valence-electron chi connectivity index (χ4n) is 1.64. The lowest BCUT2D eigenvalue weighted by Crippen LogP contribution is -2.45. The summed E-state index contributed by atoms with van der Waals surface area (Å²) in [4.78, 5) is 0. The minimum atomic E-state index is -0.0297. The van der Waals surface area contributed by atoms with E-state index in [1.165, 1.54) is 0 Å². The van der Waals surface area contributed by atoms with E-state index in [0.29, 0.717) is 13.2 Å². The van der Waals surface area contributed by atoms with Gasteiger partial charge in [0.15, 0.2) is 0 Å². The van der Waals surface area contributed by atoms with Crippen LogP contribution in [-0.2, 0) is 4.74 Å². The van der Waals surface area contributed by atoms with Crippen molar-refractivity contribution in [2.75, 3.05) is 34.0 Å². The van der Waals surface area contributed by atoms with Gasteiger partial charge in [0.1, 0.15) is 18.1 Å². The van der Waals surface area contributed by atoms with Gasteiger partial charge in [-0.3, -0.25) is 0 Å². The highest BCUT2D eigenvalue weighted by molar-refractivity contribution is 5.31. The molecular weight excluding hydrogens is 230 g/mol. The van der Waals surface area contributed by atoms with Crippen molar-refractivity contribution in [3.63, 3.8) is 0 Å². The third-order valence-corrected chi connectivity index (χ3v) is 2.54. The predicted octanol–water partition coefficient (Wildman–Crippen LogP) is 2.09. The van der Waals surface area contributed by atoms with E-state index < -0.39 is 0 Å². The summed E-state index contributed by atoms with van der Waals surface area (Å²) in [5.41, 5.74) is -0.0297. The third kappa shape index (κ3) is 5.38. The number of nitrogens with one attached hydrogen (secondary N) is 1. The van der Waals surface area contributed by atoms with Crippen LogP contribution in [0.1, 0.15) is 13.8 Å². The maximum atomic E-state index is 5.62. The van der Waals surface area contributed by atoms with Crippen LogP contribution in [0.15, 0.2) is 24.3 Å². The van der Waals surface area contributed by atoms with Crippen molar-refractivity contribution in [1.82, 2.24) is 5.32 Å². The van der Waals surface area contributed by atoms with Gasteiger partial charge < -0.3 is 19.5 Å². The Labute approximate surface area is 109 Å². The summed E-state index contributed by atoms with van der Waals surface area (Å²) in [6, 6.07) is 7.58. The van der Waals surface area contributed by atoms with E-state index in [1.54, 1.807) is 14.2 Å². The quantitative estimate of drug-likeness (QED) is 0.720. The highest BCUT2D eigenvalue weighted by Gasteiger charge is 2.15. The molecule has 1 N–H and O–H groups in total. The fourth-order valence-corrected chi connectivity index (χ4v) is 1.64. The van der Waals surface area contributed by atoms with Crippen LogP contribution in [0, 0.1) is 0 Å². The Hall–Kier alpha value is -1.26. The summed E-state index contributed by atoms with van der Waals surface area (Å²) >= 11 is 0. The highest BCUT2D eigenvalue weighted by atomic mass is 16.5. The molecule has 18 heavy (non-hydrogen) atoms. The molecule has 0 heterocycles. The van der Waals surface area contributed by atoms with Crippen LogP contribution < -0.4 is 14.8 Å². The topological polar surface area (TPSA) is 39.7 Å². The zero-order valence-electron chi connectivity index (χ0n) is 11.7. The average molecular weight is 253 g/mol. The number of benzene rings is 1. The number of ether oxygens (including phenoxy) is 3. The molecule has 0 saturated carbocycles. The molecule has 0 aromatic heterocycles. The van der Waals surface area contributed by atoms with Crippen molar-refractivity contribution < 1.29 is 14.2 Å². The fraction of sp³-hybridized carbons (Fsp3) is 0.571. The minimum absolute atomic E-state index is 0.0297. The van der Waals surface area contributed by atoms with Crippen molar-refractivity contribution >= 4 is 0 Å². The molecule has 0 saturated heterocycles. The smallest absolute Gasteiger partial charge is 0.119 e. The van der Waals surface area contributed by atoms with Crippen molar-refractivity contribution in [3.05, 3.63) is 24.3 Å². The Morgan fingerprint density at radius 1 is 1.06 bits per heavy atom. The number of hydrogen-bond donors (Lipinski definition) is 1. The van der Waals surface area contributed by atoms with E-state index in [2.05, 4.69) is 19.2 Å². The largest absolute Gasteiger partial charge is 0.497 e. The Balaban J connectivity index is 2.25. The van der Waals surface area contributed by atoms with E-state index in [4.69, 9.17) is 14.2 Å². The van der Waals surface area contributed by atoms with Crippen LogP contribution in [0.2, 0.25) is 0 Å². The van der Waals surface area contributed by atoms with Crippen LogP contribution >= 0.6 is 0 Å². The van der Waals surface area contributed by atoms with Gasteiger partial charge in [0, 0.05) is 19.2 Å². The second-order valence-corrected chi connectivity index (χ2v) is 4.77. The molecule has 4 nitrogen and oxygen atoms in total. The summed E-state index contributed by atoms with van der Waals surface area (Å²) in [5, 5.41) is 3.38. The highest BCUT2D eigenvalue weighted by Crippen LogP contribution is 2.16. The molecule has 0 aliphatic rings. The third-order valence-electron chi connectivity index (χ3n) is 2.54. The van der Waals surface area contributed by atoms with Crippen LogP contribution in [0.4, 0.5) is 0 Å². The standard InChI is InChI=1S/C14H23NO3/c1-14(2,11-16-3)15-9-10-18-13-7-5-12(17-4)6-8-13/h5-8,15H,9-11H2,1-4H3. The lowest BCUT2D eigenvalue weighted by Gasteiger charge is -2.25. The van der Waals surface area contributed by atoms with E-state index in [-0.39, 0.29) is 5.54 Å². The van der Waals surface area contributed by atoms with Crippen LogP contribution in [0.3, 0.4) is 0 Å². The van der Waals surface area contributed by atoms with E-state index in [1.807, 2.05) is 24.3 Å². The maximum Gasteiger partial charge on any atom is 0.119 e. The number of hydrogen-bond acceptors (Lipinski definition) is 4. The van der Waals surface area contributed by atoms with Gasteiger partial charge in [-0.15, -0.1) is 0 Å². The van der Waals surface area contributed by atoms with E-state index >= 15 is 0 Å². The molecule has 0 radical (unpaired) electrons. The van der Waals surface area contributed by atoms with E-state index in [0.717, 1.165) is 18.0 Å². The lowest BCUT2D eigenvalue weighted by molar-refractivity contribution is 0.125. The molecule has 1 rings (SSSR count). The number of methoxy groups -OCH3 is 2. The summed E-state index contributed by atoms with van der Waals surface area (Å²) in [7, 11) is 3.36. The average Bonchev–Trinajstić information content (AvgIpc) is 2.35. The molecule has 1 aromatic carbocycles. The first-order valence-electron chi connectivity index (χ1n) is 6.08. The van der Waals surface area contributed by atoms with Gasteiger partial charge in [-0.25, -0.2) is 0 Å². The second kappa shape index (κ2) is 7.24. The summed E-state index contributed by atoms with van der Waals surface area (Å²) in [5.74, 6) is 1.68. The summed E-state index contributed by atoms with van der Waals surface area (Å²) < 4.78 is 15.8. The van der Waals surface area contributed by atoms with Crippen LogP contribution in [0.5, 0.6) is 11.5 Å². The molecule has 0 spiro atoms. The van der Waals surface area contributed by atoms with Gasteiger partial charge in [-0.1, -0.05) is 0 Å². The zero-order valence-corrected chi connectivity index (χ0v) is 11.7. The van der Waals surface area contributed by atoms with E-state index in [9.17, 15) is 0 Å². The zero-order chi connectivity index (χ0) is 13.4. The van der Waals surface area contributed by atoms with Crippen molar-refractivity contribution in [2.45, 2.75) is 19.4 Å². The molecule has 1 aromatic rings. The Kier molecular flexibility index (Phi) is 5.95. The minimum Gasteiger partial charge on any atom is -0.497 e. The molecular formula is C14H23NO3. The summed E-state index contributed by atoms with van der Waals surface area (Å²) in [6.45, 7) is 6.28. The second-order valence-electron chi connectivity index (χ2n) is 4.77. The normalized spacial score (nSPS) is 11.3. The van der Waals surface area contributed by atoms with Crippen molar-refractivity contribution in [1.29, 1.82) is 0 Å². The molecule has 0 unspecified atom stereocenters. The molecule has 102 valence electrons. The van der Waals surface area contributed by atoms with Gasteiger partial charge in [0.25, 0.3) is 0 Å². The van der Waals surface area contributed by atoms with Crippen LogP contribution in [-0.4, -0.2) is 39.5 Å². The van der Waals surface area contributed by atoms with Gasteiger partial charge in [0.2, 0.25) is 0 Å². The van der Waals surface area contributed by atoms with Crippen LogP contribution in [0.25, 0.3) is 0 Å². The molecule has 0 fully saturated rings. The first-order valence-corrected chi connectivity index (χ1v) is 6.08. The Bertz CT molecular complexity index is 335. The lowest BCUT2D eigenvalue weighted by atomic mass is 10.1. The van der Waals surface area contributed by atoms with Gasteiger partial charge in [0.05, 0.1) is 13.7 Å². The van der Waals surface area contributed by atoms with Gasteiger partial charge >= 0.3 is 0 Å². The van der Waals surface area contributed by atoms with Crippen molar-refractivity contribution in [3.8, 4) is 11.5 Å². The molecule has 0 bridgehead atoms. The first kappa shape index (κ1) is 14.8. The van der Waals surface area contributed by atoms with Crippen molar-refractivity contribution in [2.24, 2.45) is 0 Å². The molecule has 0 aliphatic heterocycles. The monoisotopic (exact) mass is 253 g/mol. The maximum absolute atomic E-state index is 5.62. The molecule has 0 aliphatic carbocycles. The molecule has 0 atom stereocenters. The molecule has 0 amide bonds. The molecule has 4 heteroatoms. The number of rotatable bonds is 8. The van der Waals surface area contributed by atoms with Gasteiger partial charge in [-0.05, 0) is 38.1 Å².